The molecule has 0 heterocycles. The molecule has 0 saturated heterocycles. The monoisotopic (exact) mass is 433 g/mol. The molecule has 0 bridgehead atoms. The summed E-state index contributed by atoms with van der Waals surface area (Å²) in [6, 6.07) is -5.74. The summed E-state index contributed by atoms with van der Waals surface area (Å²) >= 11 is 0. The van der Waals surface area contributed by atoms with E-state index >= 15 is 0 Å². The Morgan fingerprint density at radius 3 is 1.90 bits per heavy atom. The van der Waals surface area contributed by atoms with Crippen molar-refractivity contribution in [1.29, 1.82) is 0 Å². The Morgan fingerprint density at radius 2 is 1.47 bits per heavy atom. The third kappa shape index (κ3) is 9.79. The molecule has 14 heteroatoms. The normalized spacial score (nSPS) is 15.6. The quantitative estimate of drug-likeness (QED) is 0.140. The van der Waals surface area contributed by atoms with Crippen LogP contribution in [-0.4, -0.2) is 81.2 Å². The fourth-order valence-electron chi connectivity index (χ4n) is 2.13. The molecule has 0 aliphatic carbocycles. The van der Waals surface area contributed by atoms with E-state index in [2.05, 4.69) is 10.6 Å². The van der Waals surface area contributed by atoms with E-state index in [1.54, 1.807) is 0 Å². The van der Waals surface area contributed by atoms with Gasteiger partial charge < -0.3 is 42.7 Å². The average molecular weight is 433 g/mol. The van der Waals surface area contributed by atoms with Crippen LogP contribution in [0.5, 0.6) is 0 Å². The van der Waals surface area contributed by atoms with E-state index in [-0.39, 0.29) is 12.8 Å². The highest BCUT2D eigenvalue weighted by Gasteiger charge is 2.31. The summed E-state index contributed by atoms with van der Waals surface area (Å²) < 4.78 is 0. The van der Waals surface area contributed by atoms with Gasteiger partial charge >= 0.3 is 11.9 Å². The van der Waals surface area contributed by atoms with Crippen LogP contribution in [0.2, 0.25) is 0 Å². The number of carbonyl (C=O) groups excluding carboxylic acids is 4. The lowest BCUT2D eigenvalue weighted by atomic mass is 10.1. The summed E-state index contributed by atoms with van der Waals surface area (Å²) in [6.45, 7) is 2.38. The van der Waals surface area contributed by atoms with E-state index in [0.717, 1.165) is 0 Å². The van der Waals surface area contributed by atoms with Gasteiger partial charge in [-0.15, -0.1) is 0 Å². The lowest BCUT2D eigenvalue weighted by molar-refractivity contribution is -0.147. The fourth-order valence-corrected chi connectivity index (χ4v) is 2.13. The molecule has 0 radical (unpaired) electrons. The number of carbonyl (C=O) groups is 6. The molecular weight excluding hydrogens is 406 g/mol. The highest BCUT2D eigenvalue weighted by molar-refractivity contribution is 5.94. The molecule has 170 valence electrons. The van der Waals surface area contributed by atoms with Crippen molar-refractivity contribution in [1.82, 2.24) is 16.0 Å². The zero-order valence-electron chi connectivity index (χ0n) is 16.5. The minimum absolute atomic E-state index is 0.0890. The Morgan fingerprint density at radius 1 is 0.900 bits per heavy atom. The van der Waals surface area contributed by atoms with Crippen molar-refractivity contribution in [3.05, 3.63) is 0 Å². The van der Waals surface area contributed by atoms with Gasteiger partial charge in [-0.2, -0.15) is 0 Å². The first kappa shape index (κ1) is 26.7. The van der Waals surface area contributed by atoms with E-state index in [4.69, 9.17) is 21.7 Å². The molecule has 5 atom stereocenters. The smallest absolute Gasteiger partial charge is 0.326 e. The molecular formula is C16H27N5O9. The summed E-state index contributed by atoms with van der Waals surface area (Å²) in [4.78, 5) is 68.8. The van der Waals surface area contributed by atoms with E-state index in [0.29, 0.717) is 0 Å². The maximum atomic E-state index is 12.3. The van der Waals surface area contributed by atoms with Crippen molar-refractivity contribution in [2.75, 3.05) is 0 Å². The van der Waals surface area contributed by atoms with Crippen molar-refractivity contribution in [3.63, 3.8) is 0 Å². The van der Waals surface area contributed by atoms with Crippen LogP contribution in [0.3, 0.4) is 0 Å². The van der Waals surface area contributed by atoms with E-state index < -0.39 is 72.3 Å². The first-order valence-corrected chi connectivity index (χ1v) is 8.83. The summed E-state index contributed by atoms with van der Waals surface area (Å²) in [6.07, 6.45) is -2.53. The highest BCUT2D eigenvalue weighted by Crippen LogP contribution is 2.00. The van der Waals surface area contributed by atoms with Crippen LogP contribution in [-0.2, 0) is 28.8 Å². The van der Waals surface area contributed by atoms with Gasteiger partial charge in [0, 0.05) is 6.42 Å². The highest BCUT2D eigenvalue weighted by atomic mass is 16.4. The SMILES string of the molecule is CC(NC(=O)C(NC(=O)C(N)CCC(N)=O)C(C)O)C(=O)NC(CC(=O)O)C(=O)O. The number of hydrogen-bond donors (Lipinski definition) is 8. The van der Waals surface area contributed by atoms with Gasteiger partial charge in [-0.3, -0.25) is 24.0 Å². The standard InChI is InChI=1S/C16H27N5O9/c1-6(13(26)20-9(16(29)30)5-11(24)25)19-15(28)12(7(2)22)21-14(27)8(17)3-4-10(18)23/h6-9,12,22H,3-5,17H2,1-2H3,(H2,18,23)(H,19,28)(H,20,26)(H,21,27)(H,24,25)(H,29,30). The zero-order chi connectivity index (χ0) is 23.6. The summed E-state index contributed by atoms with van der Waals surface area (Å²) in [7, 11) is 0. The molecule has 30 heavy (non-hydrogen) atoms. The Bertz CT molecular complexity index is 682. The molecule has 5 unspecified atom stereocenters. The molecule has 0 aromatic heterocycles. The van der Waals surface area contributed by atoms with Crippen LogP contribution in [0.25, 0.3) is 0 Å². The van der Waals surface area contributed by atoms with Gasteiger partial charge in [-0.25, -0.2) is 4.79 Å². The van der Waals surface area contributed by atoms with Crippen molar-refractivity contribution in [2.45, 2.75) is 63.4 Å². The predicted octanol–water partition coefficient (Wildman–Crippen LogP) is -4.01. The zero-order valence-corrected chi connectivity index (χ0v) is 16.5. The van der Waals surface area contributed by atoms with Gasteiger partial charge in [0.1, 0.15) is 18.1 Å². The molecule has 0 aromatic rings. The molecule has 0 aromatic carbocycles. The van der Waals surface area contributed by atoms with E-state index in [9.17, 15) is 33.9 Å². The lowest BCUT2D eigenvalue weighted by Crippen LogP contribution is -2.59. The molecule has 0 fully saturated rings. The number of nitrogens with two attached hydrogens (primary N) is 2. The molecule has 0 spiro atoms. The third-order valence-electron chi connectivity index (χ3n) is 3.85. The Balaban J connectivity index is 4.98. The summed E-state index contributed by atoms with van der Waals surface area (Å²) in [5.74, 6) is -6.53. The second-order valence-electron chi connectivity index (χ2n) is 6.57. The molecule has 0 saturated carbocycles. The number of aliphatic hydroxyl groups is 1. The van der Waals surface area contributed by atoms with Crippen LogP contribution in [0.15, 0.2) is 0 Å². The molecule has 0 aliphatic rings. The van der Waals surface area contributed by atoms with E-state index in [1.165, 1.54) is 13.8 Å². The minimum Gasteiger partial charge on any atom is -0.481 e. The van der Waals surface area contributed by atoms with Crippen LogP contribution in [0.4, 0.5) is 0 Å². The van der Waals surface area contributed by atoms with Crippen molar-refractivity contribution < 1.29 is 44.1 Å². The number of rotatable bonds is 13. The van der Waals surface area contributed by atoms with Gasteiger partial charge in [-0.1, -0.05) is 0 Å². The lowest BCUT2D eigenvalue weighted by Gasteiger charge is -2.24. The number of primary amides is 1. The molecule has 0 rings (SSSR count). The summed E-state index contributed by atoms with van der Waals surface area (Å²) in [5.41, 5.74) is 10.5. The Hall–Kier alpha value is -3.26. The maximum Gasteiger partial charge on any atom is 0.326 e. The number of aliphatic carboxylic acids is 2. The predicted molar refractivity (Wildman–Crippen MR) is 99.4 cm³/mol. The molecule has 4 amide bonds. The van der Waals surface area contributed by atoms with Crippen molar-refractivity contribution in [2.24, 2.45) is 11.5 Å². The molecule has 10 N–H and O–H groups in total. The average Bonchev–Trinajstić information content (AvgIpc) is 2.61. The second kappa shape index (κ2) is 12.3. The largest absolute Gasteiger partial charge is 0.481 e. The maximum absolute atomic E-state index is 12.3. The van der Waals surface area contributed by atoms with Gasteiger partial charge in [0.15, 0.2) is 0 Å². The van der Waals surface area contributed by atoms with Gasteiger partial charge in [0.2, 0.25) is 23.6 Å². The van der Waals surface area contributed by atoms with Gasteiger partial charge in [-0.05, 0) is 20.3 Å². The first-order chi connectivity index (χ1) is 13.8. The van der Waals surface area contributed by atoms with Gasteiger partial charge in [0.05, 0.1) is 18.6 Å². The van der Waals surface area contributed by atoms with Crippen molar-refractivity contribution in [3.8, 4) is 0 Å². The van der Waals surface area contributed by atoms with Crippen LogP contribution >= 0.6 is 0 Å². The second-order valence-corrected chi connectivity index (χ2v) is 6.57. The van der Waals surface area contributed by atoms with E-state index in [1.807, 2.05) is 5.32 Å². The molecule has 0 aliphatic heterocycles. The topological polar surface area (TPSA) is 251 Å². The number of amides is 4. The third-order valence-corrected chi connectivity index (χ3v) is 3.85. The van der Waals surface area contributed by atoms with Crippen LogP contribution < -0.4 is 27.4 Å². The minimum atomic E-state index is -1.72. The fraction of sp³-hybridized carbons (Fsp3) is 0.625. The number of carboxylic acid groups (broad SMARTS) is 2. The number of hydrogen-bond acceptors (Lipinski definition) is 8. The summed E-state index contributed by atoms with van der Waals surface area (Å²) in [5, 5.41) is 33.7. The number of carboxylic acids is 2. The van der Waals surface area contributed by atoms with Gasteiger partial charge in [0.25, 0.3) is 0 Å². The van der Waals surface area contributed by atoms with Crippen LogP contribution in [0, 0.1) is 0 Å². The first-order valence-electron chi connectivity index (χ1n) is 8.83. The Labute approximate surface area is 171 Å². The number of nitrogens with one attached hydrogen (secondary N) is 3. The van der Waals surface area contributed by atoms with Crippen molar-refractivity contribution >= 4 is 35.6 Å². The number of aliphatic hydroxyl groups excluding tert-OH is 1. The Kier molecular flexibility index (Phi) is 11.0. The van der Waals surface area contributed by atoms with Crippen LogP contribution in [0.1, 0.15) is 33.1 Å². The molecule has 14 nitrogen and oxygen atoms in total.